The molecule has 0 fully saturated rings. The Hall–Kier alpha value is -4.82. The van der Waals surface area contributed by atoms with E-state index in [-0.39, 0.29) is 0 Å². The standard InChI is InChI=1S/C38H32N2/c1-3-39-36-12-8-6-10-32(36)34-25-29(22-24-37(34)39)19-17-27-13-15-28(16-14-27)18-20-30-21-23-33-31-9-5-7-11-35(31)40(4-2)38(33)26-30/h5-26H,3-4H2,1-2H3. The molecule has 7 aromatic rings. The highest BCUT2D eigenvalue weighted by Gasteiger charge is 2.10. The monoisotopic (exact) mass is 516 g/mol. The van der Waals surface area contributed by atoms with Gasteiger partial charge in [0.05, 0.1) is 0 Å². The summed E-state index contributed by atoms with van der Waals surface area (Å²) in [4.78, 5) is 0. The molecule has 5 aromatic carbocycles. The van der Waals surface area contributed by atoms with Crippen LogP contribution >= 0.6 is 0 Å². The highest BCUT2D eigenvalue weighted by Crippen LogP contribution is 2.31. The van der Waals surface area contributed by atoms with E-state index in [1.807, 2.05) is 0 Å². The summed E-state index contributed by atoms with van der Waals surface area (Å²) in [6, 6.07) is 39.7. The average molecular weight is 517 g/mol. The molecule has 2 aromatic heterocycles. The Morgan fingerprint density at radius 3 is 1.45 bits per heavy atom. The van der Waals surface area contributed by atoms with Crippen LogP contribution in [0.15, 0.2) is 109 Å². The number of fused-ring (bicyclic) bond motifs is 6. The summed E-state index contributed by atoms with van der Waals surface area (Å²) in [5, 5.41) is 5.28. The van der Waals surface area contributed by atoms with Crippen molar-refractivity contribution in [1.29, 1.82) is 0 Å². The molecule has 194 valence electrons. The maximum absolute atomic E-state index is 2.41. The summed E-state index contributed by atoms with van der Waals surface area (Å²) in [5.41, 5.74) is 10.0. The topological polar surface area (TPSA) is 9.86 Å². The molecule has 0 N–H and O–H groups in total. The number of hydrogen-bond donors (Lipinski definition) is 0. The predicted molar refractivity (Wildman–Crippen MR) is 175 cm³/mol. The molecule has 0 aliphatic heterocycles. The molecule has 0 unspecified atom stereocenters. The van der Waals surface area contributed by atoms with Gasteiger partial charge in [0.1, 0.15) is 0 Å². The lowest BCUT2D eigenvalue weighted by molar-refractivity contribution is 0.827. The number of hydrogen-bond acceptors (Lipinski definition) is 0. The Kier molecular flexibility index (Phi) is 6.09. The van der Waals surface area contributed by atoms with E-state index < -0.39 is 0 Å². The van der Waals surface area contributed by atoms with Crippen LogP contribution in [-0.4, -0.2) is 9.13 Å². The SMILES string of the molecule is CCn1c2ccccc2c2cc(C=Cc3ccc(C=Cc4ccc5c6ccccc6n(CC)c5c4)cc3)ccc21. The van der Waals surface area contributed by atoms with Gasteiger partial charge in [-0.15, -0.1) is 0 Å². The number of aromatic nitrogens is 2. The van der Waals surface area contributed by atoms with Crippen molar-refractivity contribution in [1.82, 2.24) is 9.13 Å². The first-order valence-corrected chi connectivity index (χ1v) is 14.2. The maximum Gasteiger partial charge on any atom is 0.0497 e. The van der Waals surface area contributed by atoms with Crippen molar-refractivity contribution in [2.75, 3.05) is 0 Å². The molecular formula is C38H32N2. The Bertz CT molecular complexity index is 2060. The van der Waals surface area contributed by atoms with E-state index in [0.717, 1.165) is 13.1 Å². The molecule has 0 saturated carbocycles. The highest BCUT2D eigenvalue weighted by atomic mass is 15.0. The van der Waals surface area contributed by atoms with E-state index in [1.165, 1.54) is 65.9 Å². The summed E-state index contributed by atoms with van der Waals surface area (Å²) < 4.78 is 4.80. The number of nitrogens with zero attached hydrogens (tertiary/aromatic N) is 2. The van der Waals surface area contributed by atoms with Crippen LogP contribution < -0.4 is 0 Å². The van der Waals surface area contributed by atoms with E-state index in [0.29, 0.717) is 0 Å². The third kappa shape index (κ3) is 4.13. The normalized spacial score (nSPS) is 12.2. The van der Waals surface area contributed by atoms with Crippen molar-refractivity contribution in [3.8, 4) is 0 Å². The van der Waals surface area contributed by atoms with Crippen LogP contribution in [0.1, 0.15) is 36.1 Å². The number of rotatable bonds is 6. The van der Waals surface area contributed by atoms with Gasteiger partial charge in [0, 0.05) is 56.7 Å². The Balaban J connectivity index is 1.12. The zero-order valence-electron chi connectivity index (χ0n) is 23.0. The smallest absolute Gasteiger partial charge is 0.0497 e. The van der Waals surface area contributed by atoms with E-state index in [1.54, 1.807) is 0 Å². The second-order valence-electron chi connectivity index (χ2n) is 10.4. The van der Waals surface area contributed by atoms with Crippen molar-refractivity contribution in [3.05, 3.63) is 131 Å². The second kappa shape index (κ2) is 10.1. The van der Waals surface area contributed by atoms with Gasteiger partial charge in [-0.3, -0.25) is 0 Å². The average Bonchev–Trinajstić information content (AvgIpc) is 3.50. The van der Waals surface area contributed by atoms with Crippen LogP contribution in [0.25, 0.3) is 67.9 Å². The first-order valence-electron chi connectivity index (χ1n) is 14.2. The fourth-order valence-corrected chi connectivity index (χ4v) is 6.13. The zero-order chi connectivity index (χ0) is 27.1. The Morgan fingerprint density at radius 2 is 0.825 bits per heavy atom. The maximum atomic E-state index is 2.41. The van der Waals surface area contributed by atoms with Gasteiger partial charge in [-0.05, 0) is 66.4 Å². The minimum atomic E-state index is 0.960. The van der Waals surface area contributed by atoms with Crippen molar-refractivity contribution in [2.24, 2.45) is 0 Å². The number of benzene rings is 5. The third-order valence-electron chi connectivity index (χ3n) is 8.10. The van der Waals surface area contributed by atoms with Crippen molar-refractivity contribution < 1.29 is 0 Å². The molecule has 7 rings (SSSR count). The molecule has 0 radical (unpaired) electrons. The summed E-state index contributed by atoms with van der Waals surface area (Å²) in [7, 11) is 0. The third-order valence-corrected chi connectivity index (χ3v) is 8.10. The van der Waals surface area contributed by atoms with Crippen LogP contribution in [-0.2, 0) is 13.1 Å². The van der Waals surface area contributed by atoms with Crippen molar-refractivity contribution in [2.45, 2.75) is 26.9 Å². The van der Waals surface area contributed by atoms with Gasteiger partial charge in [0.15, 0.2) is 0 Å². The molecule has 0 saturated heterocycles. The molecule has 2 heterocycles. The Labute approximate surface area is 235 Å². The zero-order valence-corrected chi connectivity index (χ0v) is 23.0. The van der Waals surface area contributed by atoms with E-state index in [4.69, 9.17) is 0 Å². The van der Waals surface area contributed by atoms with Gasteiger partial charge >= 0.3 is 0 Å². The fourth-order valence-electron chi connectivity index (χ4n) is 6.13. The van der Waals surface area contributed by atoms with Gasteiger partial charge in [-0.2, -0.15) is 0 Å². The van der Waals surface area contributed by atoms with Gasteiger partial charge in [0.2, 0.25) is 0 Å². The molecule has 0 atom stereocenters. The van der Waals surface area contributed by atoms with E-state index in [2.05, 4.69) is 156 Å². The van der Waals surface area contributed by atoms with Crippen LogP contribution in [0.3, 0.4) is 0 Å². The quantitative estimate of drug-likeness (QED) is 0.195. The molecule has 0 amide bonds. The first kappa shape index (κ1) is 24.2. The van der Waals surface area contributed by atoms with Gasteiger partial charge < -0.3 is 9.13 Å². The summed E-state index contributed by atoms with van der Waals surface area (Å²) in [6.07, 6.45) is 8.82. The van der Waals surface area contributed by atoms with Crippen LogP contribution in [0.4, 0.5) is 0 Å². The van der Waals surface area contributed by atoms with E-state index >= 15 is 0 Å². The molecule has 0 aliphatic carbocycles. The van der Waals surface area contributed by atoms with Gasteiger partial charge in [-0.1, -0.05) is 103 Å². The first-order chi connectivity index (χ1) is 19.7. The molecule has 0 aliphatic rings. The number of para-hydroxylation sites is 2. The molecule has 0 spiro atoms. The lowest BCUT2D eigenvalue weighted by Gasteiger charge is -2.03. The fraction of sp³-hybridized carbons (Fsp3) is 0.105. The minimum Gasteiger partial charge on any atom is -0.341 e. The summed E-state index contributed by atoms with van der Waals surface area (Å²) >= 11 is 0. The van der Waals surface area contributed by atoms with E-state index in [9.17, 15) is 0 Å². The van der Waals surface area contributed by atoms with Crippen LogP contribution in [0, 0.1) is 0 Å². The van der Waals surface area contributed by atoms with Gasteiger partial charge in [0.25, 0.3) is 0 Å². The Morgan fingerprint density at radius 1 is 0.400 bits per heavy atom. The summed E-state index contributed by atoms with van der Waals surface area (Å²) in [5.74, 6) is 0. The minimum absolute atomic E-state index is 0.960. The van der Waals surface area contributed by atoms with Crippen LogP contribution in [0.2, 0.25) is 0 Å². The highest BCUT2D eigenvalue weighted by molar-refractivity contribution is 6.09. The lowest BCUT2D eigenvalue weighted by atomic mass is 10.1. The molecule has 0 bridgehead atoms. The molecular weight excluding hydrogens is 484 g/mol. The largest absolute Gasteiger partial charge is 0.341 e. The molecule has 40 heavy (non-hydrogen) atoms. The van der Waals surface area contributed by atoms with Crippen LogP contribution in [0.5, 0.6) is 0 Å². The lowest BCUT2D eigenvalue weighted by Crippen LogP contribution is -1.92. The second-order valence-corrected chi connectivity index (χ2v) is 10.4. The van der Waals surface area contributed by atoms with Crippen molar-refractivity contribution >= 4 is 67.9 Å². The predicted octanol–water partition coefficient (Wildman–Crippen LogP) is 10.3. The number of aryl methyl sites for hydroxylation is 2. The van der Waals surface area contributed by atoms with Crippen molar-refractivity contribution in [3.63, 3.8) is 0 Å². The molecule has 2 nitrogen and oxygen atoms in total. The molecule has 2 heteroatoms. The van der Waals surface area contributed by atoms with Gasteiger partial charge in [-0.25, -0.2) is 0 Å². The summed E-state index contributed by atoms with van der Waals surface area (Å²) in [6.45, 7) is 6.36.